The number of aryl methyl sites for hydroxylation is 1. The van der Waals surface area contributed by atoms with Crippen LogP contribution >= 0.6 is 0 Å². The van der Waals surface area contributed by atoms with Crippen LogP contribution in [0.3, 0.4) is 0 Å². The highest BCUT2D eigenvalue weighted by atomic mass is 19.1. The predicted molar refractivity (Wildman–Crippen MR) is 124 cm³/mol. The third kappa shape index (κ3) is 5.10. The van der Waals surface area contributed by atoms with Gasteiger partial charge in [0.2, 0.25) is 0 Å². The van der Waals surface area contributed by atoms with Crippen LogP contribution in [-0.2, 0) is 13.0 Å². The summed E-state index contributed by atoms with van der Waals surface area (Å²) in [6.07, 6.45) is 4.02. The largest absolute Gasteiger partial charge is 0.469 e. The van der Waals surface area contributed by atoms with Crippen LogP contribution in [0.1, 0.15) is 40.1 Å². The lowest BCUT2D eigenvalue weighted by Gasteiger charge is -2.40. The van der Waals surface area contributed by atoms with Crippen LogP contribution in [0.4, 0.5) is 4.39 Å². The summed E-state index contributed by atoms with van der Waals surface area (Å²) in [5.74, 6) is 0.649. The molecule has 1 atom stereocenters. The molecule has 0 N–H and O–H groups in total. The van der Waals surface area contributed by atoms with E-state index in [9.17, 15) is 9.18 Å². The molecule has 0 bridgehead atoms. The molecule has 1 amide bonds. The van der Waals surface area contributed by atoms with Crippen LogP contribution in [-0.4, -0.2) is 41.9 Å². The highest BCUT2D eigenvalue weighted by molar-refractivity contribution is 5.95. The van der Waals surface area contributed by atoms with E-state index in [0.29, 0.717) is 29.2 Å². The Morgan fingerprint density at radius 2 is 1.78 bits per heavy atom. The molecule has 1 aliphatic rings. The Bertz CT molecular complexity index is 1020. The van der Waals surface area contributed by atoms with E-state index in [0.717, 1.165) is 32.5 Å². The highest BCUT2D eigenvalue weighted by Gasteiger charge is 2.33. The molecular weight excluding hydrogens is 403 g/mol. The van der Waals surface area contributed by atoms with Crippen LogP contribution in [0.5, 0.6) is 0 Å². The molecule has 4 nitrogen and oxygen atoms in total. The van der Waals surface area contributed by atoms with Gasteiger partial charge in [-0.15, -0.1) is 0 Å². The average molecular weight is 435 g/mol. The van der Waals surface area contributed by atoms with E-state index in [1.807, 2.05) is 30.1 Å². The van der Waals surface area contributed by atoms with E-state index in [1.165, 1.54) is 11.6 Å². The van der Waals surface area contributed by atoms with E-state index in [4.69, 9.17) is 4.42 Å². The summed E-state index contributed by atoms with van der Waals surface area (Å²) in [6.45, 7) is 4.68. The number of rotatable bonds is 7. The first-order valence-corrected chi connectivity index (χ1v) is 11.3. The number of nitrogens with zero attached hydrogens (tertiary/aromatic N) is 2. The average Bonchev–Trinajstić information content (AvgIpc) is 3.25. The van der Waals surface area contributed by atoms with Gasteiger partial charge in [-0.2, -0.15) is 0 Å². The fraction of sp³-hybridized carbons (Fsp3) is 0.370. The minimum Gasteiger partial charge on any atom is -0.469 e. The van der Waals surface area contributed by atoms with Gasteiger partial charge in [0.25, 0.3) is 5.91 Å². The number of furan rings is 1. The summed E-state index contributed by atoms with van der Waals surface area (Å²) < 4.78 is 19.9. The minimum atomic E-state index is -0.209. The lowest BCUT2D eigenvalue weighted by Crippen LogP contribution is -2.47. The molecule has 5 heteroatoms. The first-order chi connectivity index (χ1) is 15.5. The summed E-state index contributed by atoms with van der Waals surface area (Å²) in [7, 11) is 1.84. The molecule has 0 spiro atoms. The Labute approximate surface area is 189 Å². The molecule has 1 aromatic heterocycles. The van der Waals surface area contributed by atoms with Gasteiger partial charge >= 0.3 is 0 Å². The van der Waals surface area contributed by atoms with Crippen molar-refractivity contribution in [1.29, 1.82) is 0 Å². The Balaban J connectivity index is 1.49. The topological polar surface area (TPSA) is 36.7 Å². The number of hydrogen-bond donors (Lipinski definition) is 0. The van der Waals surface area contributed by atoms with Crippen molar-refractivity contribution >= 4 is 5.91 Å². The summed E-state index contributed by atoms with van der Waals surface area (Å²) in [4.78, 5) is 17.5. The fourth-order valence-corrected chi connectivity index (χ4v) is 4.79. The first-order valence-electron chi connectivity index (χ1n) is 11.3. The van der Waals surface area contributed by atoms with Gasteiger partial charge in [-0.05, 0) is 68.5 Å². The van der Waals surface area contributed by atoms with Gasteiger partial charge in [-0.3, -0.25) is 9.69 Å². The third-order valence-corrected chi connectivity index (χ3v) is 6.72. The van der Waals surface area contributed by atoms with E-state index >= 15 is 0 Å². The molecule has 1 fully saturated rings. The SMILES string of the molecule is Cc1occc1C(=O)N(C)C(Cc1ccccc1F)C1CCN(Cc2ccccc2)CC1. The van der Waals surface area contributed by atoms with Gasteiger partial charge in [-0.25, -0.2) is 4.39 Å². The molecule has 2 heterocycles. The number of likely N-dealkylation sites (N-methyl/N-ethyl adjacent to an activating group) is 1. The van der Waals surface area contributed by atoms with Gasteiger partial charge in [0.1, 0.15) is 11.6 Å². The number of benzene rings is 2. The lowest BCUT2D eigenvalue weighted by atomic mass is 9.84. The molecule has 1 unspecified atom stereocenters. The smallest absolute Gasteiger partial charge is 0.257 e. The second-order valence-corrected chi connectivity index (χ2v) is 8.77. The van der Waals surface area contributed by atoms with Crippen LogP contribution in [0, 0.1) is 18.7 Å². The molecule has 1 saturated heterocycles. The maximum atomic E-state index is 14.5. The predicted octanol–water partition coefficient (Wildman–Crippen LogP) is 5.32. The van der Waals surface area contributed by atoms with E-state index in [1.54, 1.807) is 25.3 Å². The second-order valence-electron chi connectivity index (χ2n) is 8.77. The van der Waals surface area contributed by atoms with Gasteiger partial charge in [-0.1, -0.05) is 48.5 Å². The Kier molecular flexibility index (Phi) is 7.05. The monoisotopic (exact) mass is 434 g/mol. The molecular formula is C27H31FN2O2. The van der Waals surface area contributed by atoms with Crippen molar-refractivity contribution in [2.45, 2.75) is 38.8 Å². The standard InChI is InChI=1S/C27H31FN2O2/c1-20-24(14-17-32-20)27(31)29(2)26(18-23-10-6-7-11-25(23)28)22-12-15-30(16-13-22)19-21-8-4-3-5-9-21/h3-11,14,17,22,26H,12-13,15-16,18-19H2,1-2H3. The molecule has 4 rings (SSSR count). The van der Waals surface area contributed by atoms with Crippen LogP contribution in [0.15, 0.2) is 71.3 Å². The van der Waals surface area contributed by atoms with Crippen molar-refractivity contribution in [2.24, 2.45) is 5.92 Å². The van der Waals surface area contributed by atoms with Crippen molar-refractivity contribution in [3.05, 3.63) is 95.2 Å². The Morgan fingerprint density at radius 1 is 1.09 bits per heavy atom. The van der Waals surface area contributed by atoms with Gasteiger partial charge < -0.3 is 9.32 Å². The normalized spacial score (nSPS) is 16.1. The van der Waals surface area contributed by atoms with Crippen molar-refractivity contribution in [3.8, 4) is 0 Å². The quantitative estimate of drug-likeness (QED) is 0.505. The summed E-state index contributed by atoms with van der Waals surface area (Å²) in [6, 6.07) is 19.0. The van der Waals surface area contributed by atoms with E-state index in [2.05, 4.69) is 29.2 Å². The highest BCUT2D eigenvalue weighted by Crippen LogP contribution is 2.29. The molecule has 1 aliphatic heterocycles. The minimum absolute atomic E-state index is 0.0655. The zero-order valence-corrected chi connectivity index (χ0v) is 18.8. The number of carbonyl (C=O) groups is 1. The molecule has 2 aromatic carbocycles. The van der Waals surface area contributed by atoms with Crippen molar-refractivity contribution in [2.75, 3.05) is 20.1 Å². The summed E-state index contributed by atoms with van der Waals surface area (Å²) >= 11 is 0. The van der Waals surface area contributed by atoms with Crippen LogP contribution in [0.25, 0.3) is 0 Å². The number of piperidine rings is 1. The second kappa shape index (κ2) is 10.1. The van der Waals surface area contributed by atoms with E-state index < -0.39 is 0 Å². The zero-order valence-electron chi connectivity index (χ0n) is 18.8. The molecule has 0 radical (unpaired) electrons. The maximum Gasteiger partial charge on any atom is 0.257 e. The molecule has 0 aliphatic carbocycles. The molecule has 3 aromatic rings. The number of hydrogen-bond acceptors (Lipinski definition) is 3. The number of halogens is 1. The molecule has 168 valence electrons. The molecule has 0 saturated carbocycles. The number of likely N-dealkylation sites (tertiary alicyclic amines) is 1. The van der Waals surface area contributed by atoms with Crippen molar-refractivity contribution in [3.63, 3.8) is 0 Å². The number of carbonyl (C=O) groups excluding carboxylic acids is 1. The summed E-state index contributed by atoms with van der Waals surface area (Å²) in [5, 5.41) is 0. The molecule has 32 heavy (non-hydrogen) atoms. The van der Waals surface area contributed by atoms with Crippen molar-refractivity contribution in [1.82, 2.24) is 9.80 Å². The lowest BCUT2D eigenvalue weighted by molar-refractivity contribution is 0.0581. The Morgan fingerprint density at radius 3 is 2.44 bits per heavy atom. The van der Waals surface area contributed by atoms with Gasteiger partial charge in [0.15, 0.2) is 0 Å². The Hall–Kier alpha value is -2.92. The first kappa shape index (κ1) is 22.3. The third-order valence-electron chi connectivity index (χ3n) is 6.72. The maximum absolute atomic E-state index is 14.5. The zero-order chi connectivity index (χ0) is 22.5. The fourth-order valence-electron chi connectivity index (χ4n) is 4.79. The van der Waals surface area contributed by atoms with Crippen molar-refractivity contribution < 1.29 is 13.6 Å². The van der Waals surface area contributed by atoms with Gasteiger partial charge in [0.05, 0.1) is 11.8 Å². The van der Waals surface area contributed by atoms with Crippen LogP contribution < -0.4 is 0 Å². The van der Waals surface area contributed by atoms with Gasteiger partial charge in [0, 0.05) is 19.6 Å². The summed E-state index contributed by atoms with van der Waals surface area (Å²) in [5.41, 5.74) is 2.55. The number of amides is 1. The van der Waals surface area contributed by atoms with E-state index in [-0.39, 0.29) is 17.8 Å². The van der Waals surface area contributed by atoms with Crippen LogP contribution in [0.2, 0.25) is 0 Å².